The van der Waals surface area contributed by atoms with Gasteiger partial charge in [-0.05, 0) is 70.2 Å². The van der Waals surface area contributed by atoms with Gasteiger partial charge < -0.3 is 10.2 Å². The van der Waals surface area contributed by atoms with Gasteiger partial charge in [-0.2, -0.15) is 0 Å². The summed E-state index contributed by atoms with van der Waals surface area (Å²) in [5, 5.41) is 8.21. The number of piperidine rings is 1. The van der Waals surface area contributed by atoms with E-state index in [1.165, 1.54) is 26.2 Å². The quantitative estimate of drug-likeness (QED) is 0.303. The monoisotopic (exact) mass is 537 g/mol. The average Bonchev–Trinajstić information content (AvgIpc) is 3.22. The van der Waals surface area contributed by atoms with E-state index in [0.29, 0.717) is 17.6 Å². The molecule has 210 valence electrons. The summed E-state index contributed by atoms with van der Waals surface area (Å²) < 4.78 is 23.3. The van der Waals surface area contributed by atoms with E-state index in [1.807, 2.05) is 59.0 Å². The van der Waals surface area contributed by atoms with Crippen molar-refractivity contribution in [3.05, 3.63) is 30.1 Å². The highest BCUT2D eigenvalue weighted by atomic mass is 19.3. The van der Waals surface area contributed by atoms with Crippen LogP contribution in [-0.4, -0.2) is 69.6 Å². The molecule has 10 heteroatoms. The molecular formula is C29H42BF2N7. The van der Waals surface area contributed by atoms with Crippen LogP contribution in [0, 0.1) is 6.92 Å². The van der Waals surface area contributed by atoms with E-state index in [0.717, 1.165) is 65.8 Å². The Morgan fingerprint density at radius 3 is 2.36 bits per heavy atom. The fraction of sp³-hybridized carbons (Fsp3) is 0.586. The van der Waals surface area contributed by atoms with Crippen molar-refractivity contribution in [1.82, 2.24) is 24.5 Å². The molecule has 5 rings (SSSR count). The molecule has 4 heterocycles. The minimum absolute atomic E-state index is 0.0278. The van der Waals surface area contributed by atoms with Crippen LogP contribution in [0.15, 0.2) is 29.4 Å². The van der Waals surface area contributed by atoms with Crippen LogP contribution in [0.5, 0.6) is 0 Å². The maximum absolute atomic E-state index is 10.8. The summed E-state index contributed by atoms with van der Waals surface area (Å²) in [7, 11) is 6.31. The highest BCUT2D eigenvalue weighted by Gasteiger charge is 2.29. The number of hydrogen-bond donors (Lipinski definition) is 1. The van der Waals surface area contributed by atoms with Crippen molar-refractivity contribution in [1.29, 1.82) is 0 Å². The van der Waals surface area contributed by atoms with E-state index in [4.69, 9.17) is 12.8 Å². The van der Waals surface area contributed by atoms with Gasteiger partial charge in [-0.1, -0.05) is 27.2 Å². The lowest BCUT2D eigenvalue weighted by molar-refractivity contribution is 0.101. The van der Waals surface area contributed by atoms with Gasteiger partial charge in [-0.15, -0.1) is 5.10 Å². The number of fused-ring (bicyclic) bond motifs is 1. The van der Waals surface area contributed by atoms with Crippen molar-refractivity contribution in [2.24, 2.45) is 4.99 Å². The molecular weight excluding hydrogens is 495 g/mol. The Kier molecular flexibility index (Phi) is 11.4. The zero-order chi connectivity index (χ0) is 28.5. The van der Waals surface area contributed by atoms with Gasteiger partial charge >= 0.3 is 0 Å². The van der Waals surface area contributed by atoms with Crippen LogP contribution in [-0.2, 0) is 0 Å². The van der Waals surface area contributed by atoms with Gasteiger partial charge in [0.05, 0.1) is 28.8 Å². The molecule has 2 radical (unpaired) electrons. The molecule has 1 saturated carbocycles. The molecule has 39 heavy (non-hydrogen) atoms. The Morgan fingerprint density at radius 2 is 1.82 bits per heavy atom. The molecule has 1 N–H and O–H groups in total. The summed E-state index contributed by atoms with van der Waals surface area (Å²) in [6.45, 7) is 13.7. The van der Waals surface area contributed by atoms with Crippen molar-refractivity contribution in [3.8, 4) is 11.3 Å². The van der Waals surface area contributed by atoms with Gasteiger partial charge in [0.1, 0.15) is 7.85 Å². The van der Waals surface area contributed by atoms with Crippen LogP contribution in [0.3, 0.4) is 0 Å². The highest BCUT2D eigenvalue weighted by molar-refractivity contribution is 6.32. The van der Waals surface area contributed by atoms with Crippen molar-refractivity contribution in [3.63, 3.8) is 0 Å². The topological polar surface area (TPSA) is 70.7 Å². The van der Waals surface area contributed by atoms with Crippen LogP contribution in [0.25, 0.3) is 16.8 Å². The predicted molar refractivity (Wildman–Crippen MR) is 158 cm³/mol. The first kappa shape index (κ1) is 30.7. The number of hydrogen-bond acceptors (Lipinski definition) is 6. The number of halogens is 2. The lowest BCUT2D eigenvalue weighted by Gasteiger charge is -2.41. The first-order valence-corrected chi connectivity index (χ1v) is 14.2. The molecule has 0 amide bonds. The highest BCUT2D eigenvalue weighted by Crippen LogP contribution is 2.29. The van der Waals surface area contributed by atoms with Gasteiger partial charge in [-0.25, -0.2) is 18.3 Å². The molecule has 0 bridgehead atoms. The first-order valence-electron chi connectivity index (χ1n) is 14.2. The van der Waals surface area contributed by atoms with Crippen molar-refractivity contribution >= 4 is 36.3 Å². The van der Waals surface area contributed by atoms with Crippen LogP contribution >= 0.6 is 0 Å². The minimum atomic E-state index is -2.12. The van der Waals surface area contributed by atoms with Crippen LogP contribution in [0.4, 0.5) is 20.4 Å². The first-order chi connectivity index (χ1) is 18.7. The van der Waals surface area contributed by atoms with E-state index in [1.54, 1.807) is 4.52 Å². The largest absolute Gasteiger partial charge is 0.350 e. The van der Waals surface area contributed by atoms with E-state index >= 15 is 0 Å². The van der Waals surface area contributed by atoms with Crippen LogP contribution < -0.4 is 10.9 Å². The number of alkyl halides is 2. The molecule has 2 aliphatic rings. The zero-order valence-corrected chi connectivity index (χ0v) is 24.2. The second-order valence-corrected chi connectivity index (χ2v) is 10.1. The number of aryl methyl sites for hydroxylation is 1. The molecule has 0 atom stereocenters. The van der Waals surface area contributed by atoms with Crippen molar-refractivity contribution in [2.75, 3.05) is 18.4 Å². The van der Waals surface area contributed by atoms with Crippen LogP contribution in [0.2, 0.25) is 0 Å². The van der Waals surface area contributed by atoms with Gasteiger partial charge in [0.25, 0.3) is 0 Å². The predicted octanol–water partition coefficient (Wildman–Crippen LogP) is 6.12. The Hall–Kier alpha value is -2.88. The smallest absolute Gasteiger partial charge is 0.241 e. The summed E-state index contributed by atoms with van der Waals surface area (Å²) in [4.78, 5) is 16.5. The Balaban J connectivity index is 0.000000542. The van der Waals surface area contributed by atoms with E-state index in [2.05, 4.69) is 25.3 Å². The van der Waals surface area contributed by atoms with Gasteiger partial charge in [0.2, 0.25) is 12.4 Å². The molecule has 1 aliphatic carbocycles. The average molecular weight is 538 g/mol. The molecule has 0 spiro atoms. The summed E-state index contributed by atoms with van der Waals surface area (Å²) in [6, 6.07) is 7.12. The Morgan fingerprint density at radius 1 is 1.15 bits per heavy atom. The number of aromatic nitrogens is 4. The van der Waals surface area contributed by atoms with E-state index in [9.17, 15) is 8.78 Å². The maximum atomic E-state index is 10.8. The number of nitrogens with zero attached hydrogens (tertiary/aromatic N) is 6. The SMILES string of the molecule is CC.CCC(F)F.[B]c1cc(-c2ccc(N=C(C)C)c(C)n2)c2cnc(NC3CCN(C4CCC4)CC3)nn12. The second-order valence-electron chi connectivity index (χ2n) is 10.1. The fourth-order valence-corrected chi connectivity index (χ4v) is 4.69. The molecule has 1 aliphatic heterocycles. The molecule has 3 aromatic rings. The summed E-state index contributed by atoms with van der Waals surface area (Å²) in [5.41, 5.74) is 5.97. The lowest BCUT2D eigenvalue weighted by Crippen LogP contribution is -2.47. The number of likely N-dealkylation sites (tertiary alicyclic amines) is 1. The van der Waals surface area contributed by atoms with Gasteiger partial charge in [-0.3, -0.25) is 9.98 Å². The number of aliphatic imine (C=N–C) groups is 1. The third kappa shape index (κ3) is 8.07. The lowest BCUT2D eigenvalue weighted by atomic mass is 9.89. The number of pyridine rings is 1. The fourth-order valence-electron chi connectivity index (χ4n) is 4.69. The summed E-state index contributed by atoms with van der Waals surface area (Å²) >= 11 is 0. The van der Waals surface area contributed by atoms with Crippen molar-refractivity contribution < 1.29 is 8.78 Å². The molecule has 2 fully saturated rings. The minimum Gasteiger partial charge on any atom is -0.350 e. The molecule has 7 nitrogen and oxygen atoms in total. The third-order valence-corrected chi connectivity index (χ3v) is 6.99. The van der Waals surface area contributed by atoms with E-state index in [-0.39, 0.29) is 6.42 Å². The van der Waals surface area contributed by atoms with Crippen molar-refractivity contribution in [2.45, 2.75) is 98.6 Å². The number of anilines is 1. The maximum Gasteiger partial charge on any atom is 0.241 e. The third-order valence-electron chi connectivity index (χ3n) is 6.99. The standard InChI is InChI=1S/C24H30BN7.C3H6F2.C2H6/c1-15(2)27-20-7-8-21(28-16(20)3)19-13-23(25)32-22(19)14-26-24(30-32)29-17-9-11-31(12-10-17)18-5-4-6-18;1-2-3(4)5;1-2/h7-8,13-14,17-18H,4-6,9-12H2,1-3H3,(H,29,30);3H,2H2,1H3;1-2H3. The molecule has 0 aromatic carbocycles. The summed E-state index contributed by atoms with van der Waals surface area (Å²) in [5.74, 6) is 0.626. The molecule has 1 saturated heterocycles. The van der Waals surface area contributed by atoms with Gasteiger partial charge in [0.15, 0.2) is 0 Å². The number of rotatable bonds is 6. The molecule has 3 aromatic heterocycles. The van der Waals surface area contributed by atoms with E-state index < -0.39 is 6.43 Å². The Bertz CT molecular complexity index is 1230. The van der Waals surface area contributed by atoms with Crippen LogP contribution in [0.1, 0.15) is 78.8 Å². The molecule has 0 unspecified atom stereocenters. The Labute approximate surface area is 232 Å². The van der Waals surface area contributed by atoms with Gasteiger partial charge in [0, 0.05) is 42.9 Å². The summed E-state index contributed by atoms with van der Waals surface area (Å²) in [6.07, 6.45) is 6.08. The number of nitrogens with one attached hydrogen (secondary N) is 1. The normalized spacial score (nSPS) is 16.1. The zero-order valence-electron chi connectivity index (χ0n) is 24.2. The second kappa shape index (κ2) is 14.5.